The number of alkyl carbamates (subject to hydrolysis) is 1. The molecular formula is C24H37N3O7. The summed E-state index contributed by atoms with van der Waals surface area (Å²) in [7, 11) is 0. The molecule has 0 radical (unpaired) electrons. The zero-order chi connectivity index (χ0) is 26.4. The lowest BCUT2D eigenvalue weighted by Crippen LogP contribution is -2.70. The number of ether oxygens (including phenoxy) is 2. The average Bonchev–Trinajstić information content (AvgIpc) is 2.63. The van der Waals surface area contributed by atoms with Crippen molar-refractivity contribution in [3.63, 3.8) is 0 Å². The maximum Gasteiger partial charge on any atom is 0.409 e. The Balaban J connectivity index is 3.06. The fraction of sp³-hybridized carbons (Fsp3) is 0.583. The van der Waals surface area contributed by atoms with Crippen LogP contribution in [0.15, 0.2) is 30.3 Å². The molecule has 2 atom stereocenters. The number of carboxylic acid groups (broad SMARTS) is 1. The molecule has 190 valence electrons. The van der Waals surface area contributed by atoms with E-state index in [1.165, 1.54) is 6.92 Å². The number of carbonyl (C=O) groups is 4. The predicted molar refractivity (Wildman–Crippen MR) is 125 cm³/mol. The Bertz CT molecular complexity index is 890. The average molecular weight is 480 g/mol. The normalized spacial score (nSPS) is 15.3. The maximum atomic E-state index is 13.2. The van der Waals surface area contributed by atoms with Crippen molar-refractivity contribution in [2.75, 3.05) is 0 Å². The van der Waals surface area contributed by atoms with E-state index in [-0.39, 0.29) is 13.0 Å². The van der Waals surface area contributed by atoms with Crippen LogP contribution < -0.4 is 16.4 Å². The highest BCUT2D eigenvalue weighted by molar-refractivity contribution is 5.95. The molecular weight excluding hydrogens is 442 g/mol. The van der Waals surface area contributed by atoms with E-state index in [0.717, 1.165) is 5.56 Å². The number of benzene rings is 1. The van der Waals surface area contributed by atoms with Crippen molar-refractivity contribution >= 4 is 23.9 Å². The minimum atomic E-state index is -2.03. The van der Waals surface area contributed by atoms with E-state index < -0.39 is 52.6 Å². The molecule has 34 heavy (non-hydrogen) atoms. The number of aliphatic carboxylic acids is 1. The van der Waals surface area contributed by atoms with Gasteiger partial charge in [0.1, 0.15) is 17.7 Å². The Hall–Kier alpha value is -3.14. The maximum absolute atomic E-state index is 13.2. The lowest BCUT2D eigenvalue weighted by atomic mass is 9.83. The van der Waals surface area contributed by atoms with Gasteiger partial charge >= 0.3 is 18.0 Å². The molecule has 0 bridgehead atoms. The van der Waals surface area contributed by atoms with Gasteiger partial charge in [-0.25, -0.2) is 9.59 Å². The van der Waals surface area contributed by atoms with Gasteiger partial charge < -0.3 is 25.6 Å². The monoisotopic (exact) mass is 479 g/mol. The van der Waals surface area contributed by atoms with Gasteiger partial charge in [0.15, 0.2) is 5.66 Å². The Morgan fingerprint density at radius 2 is 1.50 bits per heavy atom. The lowest BCUT2D eigenvalue weighted by molar-refractivity contribution is -0.162. The summed E-state index contributed by atoms with van der Waals surface area (Å²) in [5, 5.41) is 14.4. The van der Waals surface area contributed by atoms with Gasteiger partial charge in [0.25, 0.3) is 5.91 Å². The number of nitrogens with one attached hydrogen (secondary N) is 2. The van der Waals surface area contributed by atoms with Gasteiger partial charge in [-0.3, -0.25) is 14.9 Å². The standard InChI is InChI=1S/C24H37N3O7/c1-21(2,3)15-24(25,27-20(32)33-14-16-11-9-8-10-12-16)18(29)26-23(7,19(30)31)13-17(28)34-22(4,5)6/h8-12H,13-15,25H2,1-7H3,(H,26,29)(H,27,32)(H,30,31)/t23-,24-/m0/s1. The minimum Gasteiger partial charge on any atom is -0.479 e. The first-order chi connectivity index (χ1) is 15.4. The van der Waals surface area contributed by atoms with Gasteiger partial charge in [-0.15, -0.1) is 0 Å². The number of nitrogens with two attached hydrogens (primary N) is 1. The van der Waals surface area contributed by atoms with Crippen molar-refractivity contribution in [2.45, 2.75) is 84.7 Å². The smallest absolute Gasteiger partial charge is 0.409 e. The van der Waals surface area contributed by atoms with Crippen LogP contribution in [0.4, 0.5) is 4.79 Å². The van der Waals surface area contributed by atoms with Crippen LogP contribution in [0.25, 0.3) is 0 Å². The topological polar surface area (TPSA) is 157 Å². The van der Waals surface area contributed by atoms with Crippen molar-refractivity contribution in [1.29, 1.82) is 0 Å². The molecule has 0 aliphatic rings. The molecule has 0 unspecified atom stereocenters. The molecule has 5 N–H and O–H groups in total. The van der Waals surface area contributed by atoms with E-state index in [9.17, 15) is 24.3 Å². The molecule has 1 rings (SSSR count). The summed E-state index contributed by atoms with van der Waals surface area (Å²) >= 11 is 0. The van der Waals surface area contributed by atoms with Crippen LogP contribution in [0, 0.1) is 5.41 Å². The second-order valence-electron chi connectivity index (χ2n) is 10.8. The van der Waals surface area contributed by atoms with E-state index in [4.69, 9.17) is 15.2 Å². The fourth-order valence-corrected chi connectivity index (χ4v) is 3.16. The van der Waals surface area contributed by atoms with Crippen molar-refractivity contribution in [3.05, 3.63) is 35.9 Å². The Labute approximate surface area is 200 Å². The first-order valence-corrected chi connectivity index (χ1v) is 10.9. The minimum absolute atomic E-state index is 0.0472. The highest BCUT2D eigenvalue weighted by atomic mass is 16.6. The second kappa shape index (κ2) is 10.9. The van der Waals surface area contributed by atoms with Crippen molar-refractivity contribution in [3.8, 4) is 0 Å². The quantitative estimate of drug-likeness (QED) is 0.311. The van der Waals surface area contributed by atoms with Crippen LogP contribution in [0.2, 0.25) is 0 Å². The van der Waals surface area contributed by atoms with Gasteiger partial charge in [0.2, 0.25) is 0 Å². The highest BCUT2D eigenvalue weighted by Crippen LogP contribution is 2.26. The first-order valence-electron chi connectivity index (χ1n) is 10.9. The summed E-state index contributed by atoms with van der Waals surface area (Å²) < 4.78 is 10.4. The molecule has 0 aromatic heterocycles. The van der Waals surface area contributed by atoms with Crippen LogP contribution in [0.5, 0.6) is 0 Å². The molecule has 1 aromatic carbocycles. The van der Waals surface area contributed by atoms with Crippen molar-refractivity contribution in [2.24, 2.45) is 11.1 Å². The predicted octanol–water partition coefficient (Wildman–Crippen LogP) is 2.70. The van der Waals surface area contributed by atoms with Gasteiger partial charge in [0, 0.05) is 0 Å². The van der Waals surface area contributed by atoms with Crippen LogP contribution in [-0.4, -0.2) is 45.8 Å². The molecule has 2 amide bonds. The Morgan fingerprint density at radius 1 is 0.941 bits per heavy atom. The Morgan fingerprint density at radius 3 is 1.97 bits per heavy atom. The third-order valence-corrected chi connectivity index (χ3v) is 4.53. The number of carbonyl (C=O) groups excluding carboxylic acids is 3. The Kier molecular flexibility index (Phi) is 9.23. The van der Waals surface area contributed by atoms with Crippen molar-refractivity contribution < 1.29 is 33.8 Å². The van der Waals surface area contributed by atoms with Crippen LogP contribution in [0.1, 0.15) is 66.9 Å². The van der Waals surface area contributed by atoms with Crippen LogP contribution in [-0.2, 0) is 30.5 Å². The van der Waals surface area contributed by atoms with E-state index in [1.807, 2.05) is 6.07 Å². The lowest BCUT2D eigenvalue weighted by Gasteiger charge is -2.37. The summed E-state index contributed by atoms with van der Waals surface area (Å²) in [4.78, 5) is 49.9. The van der Waals surface area contributed by atoms with Gasteiger partial charge in [0.05, 0.1) is 6.42 Å². The summed E-state index contributed by atoms with van der Waals surface area (Å²) in [6.45, 7) is 11.4. The van der Waals surface area contributed by atoms with Gasteiger partial charge in [-0.05, 0) is 45.1 Å². The summed E-state index contributed by atoms with van der Waals surface area (Å²) in [5.41, 5.74) is 1.61. The third kappa shape index (κ3) is 9.78. The van der Waals surface area contributed by atoms with Gasteiger partial charge in [-0.1, -0.05) is 51.1 Å². The molecule has 10 heteroatoms. The van der Waals surface area contributed by atoms with Crippen LogP contribution >= 0.6 is 0 Å². The first kappa shape index (κ1) is 28.9. The molecule has 0 aliphatic heterocycles. The summed E-state index contributed by atoms with van der Waals surface area (Å²) in [6.07, 6.45) is -1.64. The molecule has 10 nitrogen and oxygen atoms in total. The zero-order valence-corrected chi connectivity index (χ0v) is 21.0. The number of carboxylic acids is 1. The molecule has 0 saturated heterocycles. The number of hydrogen-bond donors (Lipinski definition) is 4. The van der Waals surface area contributed by atoms with E-state index >= 15 is 0 Å². The number of rotatable bonds is 9. The van der Waals surface area contributed by atoms with E-state index in [1.54, 1.807) is 65.8 Å². The van der Waals surface area contributed by atoms with Crippen molar-refractivity contribution in [1.82, 2.24) is 10.6 Å². The SMILES string of the molecule is CC(C)(C)C[C@](N)(NC(=O)OCc1ccccc1)C(=O)N[C@@](C)(CC(=O)OC(C)(C)C)C(=O)O. The molecule has 0 saturated carbocycles. The molecule has 0 aliphatic carbocycles. The zero-order valence-electron chi connectivity index (χ0n) is 21.0. The van der Waals surface area contributed by atoms with E-state index in [0.29, 0.717) is 0 Å². The molecule has 0 spiro atoms. The van der Waals surface area contributed by atoms with Crippen LogP contribution in [0.3, 0.4) is 0 Å². The number of esters is 1. The number of hydrogen-bond acceptors (Lipinski definition) is 7. The highest BCUT2D eigenvalue weighted by Gasteiger charge is 2.46. The summed E-state index contributed by atoms with van der Waals surface area (Å²) in [6, 6.07) is 8.92. The largest absolute Gasteiger partial charge is 0.479 e. The molecule has 0 heterocycles. The van der Waals surface area contributed by atoms with E-state index in [2.05, 4.69) is 10.6 Å². The number of amides is 2. The molecule has 0 fully saturated rings. The summed E-state index contributed by atoms with van der Waals surface area (Å²) in [5.74, 6) is -3.25. The van der Waals surface area contributed by atoms with Gasteiger partial charge in [-0.2, -0.15) is 0 Å². The third-order valence-electron chi connectivity index (χ3n) is 4.53. The fourth-order valence-electron chi connectivity index (χ4n) is 3.16. The molecule has 1 aromatic rings. The second-order valence-corrected chi connectivity index (χ2v) is 10.8.